The lowest BCUT2D eigenvalue weighted by Crippen LogP contribution is -2.32. The van der Waals surface area contributed by atoms with E-state index in [9.17, 15) is 9.59 Å². The van der Waals surface area contributed by atoms with Gasteiger partial charge >= 0.3 is 5.97 Å². The average Bonchev–Trinajstić information content (AvgIpc) is 2.27. The van der Waals surface area contributed by atoms with Crippen LogP contribution in [0.15, 0.2) is 12.8 Å². The Hall–Kier alpha value is -1.52. The number of aliphatic carboxylic acids is 1. The largest absolute Gasteiger partial charge is 0.481 e. The van der Waals surface area contributed by atoms with Crippen LogP contribution in [0.3, 0.4) is 0 Å². The summed E-state index contributed by atoms with van der Waals surface area (Å²) in [7, 11) is 0. The number of hydrogen-bond acceptors (Lipinski definition) is 3. The fourth-order valence-electron chi connectivity index (χ4n) is 1.41. The maximum Gasteiger partial charge on any atom is 0.303 e. The van der Waals surface area contributed by atoms with Crippen LogP contribution in [0.1, 0.15) is 32.6 Å². The van der Waals surface area contributed by atoms with Gasteiger partial charge in [-0.1, -0.05) is 13.5 Å². The summed E-state index contributed by atoms with van der Waals surface area (Å²) in [6.07, 6.45) is 3.51. The SMILES string of the molecule is C=CN(CCC)CCNC(=O)CCCC(=O)O. The number of rotatable bonds is 10. The number of nitrogens with one attached hydrogen (secondary N) is 1. The molecule has 0 saturated carbocycles. The Bertz CT molecular complexity index is 254. The molecule has 0 unspecified atom stereocenters. The van der Waals surface area contributed by atoms with Crippen LogP contribution in [-0.2, 0) is 9.59 Å². The molecule has 5 nitrogen and oxygen atoms in total. The minimum absolute atomic E-state index is 0.0437. The van der Waals surface area contributed by atoms with E-state index < -0.39 is 5.97 Å². The number of hydrogen-bond donors (Lipinski definition) is 2. The monoisotopic (exact) mass is 242 g/mol. The lowest BCUT2D eigenvalue weighted by Gasteiger charge is -2.19. The summed E-state index contributed by atoms with van der Waals surface area (Å²) in [5.41, 5.74) is 0. The molecular formula is C12H22N2O3. The van der Waals surface area contributed by atoms with Gasteiger partial charge in [-0.2, -0.15) is 0 Å². The number of carboxylic acid groups (broad SMARTS) is 1. The van der Waals surface area contributed by atoms with Crippen LogP contribution < -0.4 is 5.32 Å². The standard InChI is InChI=1S/C12H22N2O3/c1-3-9-14(4-2)10-8-13-11(15)6-5-7-12(16)17/h4H,2-3,5-10H2,1H3,(H,13,15)(H,16,17). The Morgan fingerprint density at radius 1 is 1.35 bits per heavy atom. The van der Waals surface area contributed by atoms with Crippen molar-refractivity contribution in [3.05, 3.63) is 12.8 Å². The van der Waals surface area contributed by atoms with Gasteiger partial charge in [-0.05, 0) is 19.0 Å². The van der Waals surface area contributed by atoms with Crippen molar-refractivity contribution in [2.75, 3.05) is 19.6 Å². The van der Waals surface area contributed by atoms with Gasteiger partial charge in [0.25, 0.3) is 0 Å². The molecule has 0 aromatic carbocycles. The van der Waals surface area contributed by atoms with Gasteiger partial charge in [0, 0.05) is 32.5 Å². The minimum atomic E-state index is -0.862. The first-order chi connectivity index (χ1) is 8.10. The molecule has 0 spiro atoms. The number of carbonyl (C=O) groups is 2. The highest BCUT2D eigenvalue weighted by atomic mass is 16.4. The molecule has 0 radical (unpaired) electrons. The van der Waals surface area contributed by atoms with Crippen molar-refractivity contribution in [3.8, 4) is 0 Å². The molecule has 98 valence electrons. The fraction of sp³-hybridized carbons (Fsp3) is 0.667. The smallest absolute Gasteiger partial charge is 0.303 e. The molecule has 0 aliphatic rings. The van der Waals surface area contributed by atoms with E-state index in [0.29, 0.717) is 13.0 Å². The van der Waals surface area contributed by atoms with Crippen molar-refractivity contribution in [2.24, 2.45) is 0 Å². The summed E-state index contributed by atoms with van der Waals surface area (Å²) in [6.45, 7) is 8.01. The third-order valence-corrected chi connectivity index (χ3v) is 2.28. The highest BCUT2D eigenvalue weighted by Crippen LogP contribution is 1.95. The molecule has 5 heteroatoms. The summed E-state index contributed by atoms with van der Waals surface area (Å²) in [5.74, 6) is -0.953. The zero-order chi connectivity index (χ0) is 13.1. The van der Waals surface area contributed by atoms with Gasteiger partial charge < -0.3 is 15.3 Å². The van der Waals surface area contributed by atoms with E-state index >= 15 is 0 Å². The molecule has 17 heavy (non-hydrogen) atoms. The van der Waals surface area contributed by atoms with Gasteiger partial charge in [-0.15, -0.1) is 0 Å². The third kappa shape index (κ3) is 9.41. The quantitative estimate of drug-likeness (QED) is 0.604. The molecule has 0 aliphatic carbocycles. The van der Waals surface area contributed by atoms with Gasteiger partial charge in [-0.25, -0.2) is 0 Å². The molecule has 0 atom stereocenters. The Labute approximate surface area is 102 Å². The second-order valence-corrected chi connectivity index (χ2v) is 3.82. The van der Waals surface area contributed by atoms with E-state index in [1.165, 1.54) is 0 Å². The summed E-state index contributed by atoms with van der Waals surface area (Å²) >= 11 is 0. The Kier molecular flexibility index (Phi) is 8.82. The summed E-state index contributed by atoms with van der Waals surface area (Å²) in [5, 5.41) is 11.2. The second-order valence-electron chi connectivity index (χ2n) is 3.82. The predicted octanol–water partition coefficient (Wildman–Crippen LogP) is 1.21. The third-order valence-electron chi connectivity index (χ3n) is 2.28. The summed E-state index contributed by atoms with van der Waals surface area (Å²) in [6, 6.07) is 0. The molecule has 0 aromatic heterocycles. The van der Waals surface area contributed by atoms with Crippen molar-refractivity contribution in [1.82, 2.24) is 10.2 Å². The molecule has 0 aromatic rings. The zero-order valence-electron chi connectivity index (χ0n) is 10.4. The first kappa shape index (κ1) is 15.5. The van der Waals surface area contributed by atoms with Crippen molar-refractivity contribution in [2.45, 2.75) is 32.6 Å². The van der Waals surface area contributed by atoms with Crippen molar-refractivity contribution in [1.29, 1.82) is 0 Å². The molecule has 0 rings (SSSR count). The molecular weight excluding hydrogens is 220 g/mol. The van der Waals surface area contributed by atoms with Crippen LogP contribution in [-0.4, -0.2) is 41.5 Å². The first-order valence-corrected chi connectivity index (χ1v) is 5.95. The van der Waals surface area contributed by atoms with Crippen LogP contribution in [0.25, 0.3) is 0 Å². The van der Waals surface area contributed by atoms with E-state index in [4.69, 9.17) is 5.11 Å². The van der Waals surface area contributed by atoms with Gasteiger partial charge in [-0.3, -0.25) is 9.59 Å². The maximum absolute atomic E-state index is 11.3. The highest BCUT2D eigenvalue weighted by Gasteiger charge is 2.04. The number of nitrogens with zero attached hydrogens (tertiary/aromatic N) is 1. The van der Waals surface area contributed by atoms with Crippen LogP contribution in [0.2, 0.25) is 0 Å². The molecule has 0 saturated heterocycles. The van der Waals surface area contributed by atoms with Gasteiger partial charge in [0.1, 0.15) is 0 Å². The van der Waals surface area contributed by atoms with Crippen LogP contribution in [0.5, 0.6) is 0 Å². The number of carboxylic acids is 1. The van der Waals surface area contributed by atoms with Gasteiger partial charge in [0.2, 0.25) is 5.91 Å². The Morgan fingerprint density at radius 3 is 2.59 bits per heavy atom. The van der Waals surface area contributed by atoms with E-state index in [0.717, 1.165) is 19.5 Å². The minimum Gasteiger partial charge on any atom is -0.481 e. The lowest BCUT2D eigenvalue weighted by molar-refractivity contribution is -0.137. The predicted molar refractivity (Wildman–Crippen MR) is 66.6 cm³/mol. The zero-order valence-corrected chi connectivity index (χ0v) is 10.4. The average molecular weight is 242 g/mol. The van der Waals surface area contributed by atoms with E-state index in [1.54, 1.807) is 6.20 Å². The lowest BCUT2D eigenvalue weighted by atomic mass is 10.2. The van der Waals surface area contributed by atoms with Crippen LogP contribution in [0, 0.1) is 0 Å². The second kappa shape index (κ2) is 9.69. The van der Waals surface area contributed by atoms with Crippen molar-refractivity contribution >= 4 is 11.9 Å². The summed E-state index contributed by atoms with van der Waals surface area (Å²) < 4.78 is 0. The van der Waals surface area contributed by atoms with Crippen molar-refractivity contribution in [3.63, 3.8) is 0 Å². The molecule has 1 amide bonds. The Balaban J connectivity index is 3.55. The number of carbonyl (C=O) groups excluding carboxylic acids is 1. The first-order valence-electron chi connectivity index (χ1n) is 5.95. The number of amides is 1. The van der Waals surface area contributed by atoms with E-state index in [-0.39, 0.29) is 18.7 Å². The summed E-state index contributed by atoms with van der Waals surface area (Å²) in [4.78, 5) is 23.6. The van der Waals surface area contributed by atoms with Gasteiger partial charge in [0.15, 0.2) is 0 Å². The molecule has 2 N–H and O–H groups in total. The molecule has 0 fully saturated rings. The van der Waals surface area contributed by atoms with E-state index in [1.807, 2.05) is 4.90 Å². The van der Waals surface area contributed by atoms with Crippen LogP contribution in [0.4, 0.5) is 0 Å². The highest BCUT2D eigenvalue weighted by molar-refractivity contribution is 5.76. The fourth-order valence-corrected chi connectivity index (χ4v) is 1.41. The Morgan fingerprint density at radius 2 is 2.06 bits per heavy atom. The topological polar surface area (TPSA) is 69.6 Å². The molecule has 0 bridgehead atoms. The maximum atomic E-state index is 11.3. The van der Waals surface area contributed by atoms with Crippen LogP contribution >= 0.6 is 0 Å². The van der Waals surface area contributed by atoms with Crippen molar-refractivity contribution < 1.29 is 14.7 Å². The molecule has 0 heterocycles. The van der Waals surface area contributed by atoms with Gasteiger partial charge in [0.05, 0.1) is 0 Å². The van der Waals surface area contributed by atoms with E-state index in [2.05, 4.69) is 18.8 Å². The molecule has 0 aliphatic heterocycles. The normalized spacial score (nSPS) is 9.71.